The second-order valence-corrected chi connectivity index (χ2v) is 8.95. The summed E-state index contributed by atoms with van der Waals surface area (Å²) >= 11 is 0. The largest absolute Gasteiger partial charge is 0.387 e. The zero-order valence-electron chi connectivity index (χ0n) is 18.7. The Balaban J connectivity index is 1.97. The van der Waals surface area contributed by atoms with Gasteiger partial charge in [0.05, 0.1) is 18.8 Å². The van der Waals surface area contributed by atoms with Crippen LogP contribution in [0.25, 0.3) is 0 Å². The lowest BCUT2D eigenvalue weighted by Gasteiger charge is -2.37. The minimum Gasteiger partial charge on any atom is -0.387 e. The standard InChI is InChI=1S/C24H29N5O2/c1-6-24(29-22(26)23(3,4)5)14-31-13-17-7-8-18(10-19(17)24)28-21(30)20-15(2)9-16(11-25)12-27-20/h7-10,12H,6,13-14H2,1-5H3,(H2,26,29)(H,28,30). The van der Waals surface area contributed by atoms with E-state index < -0.39 is 5.54 Å². The zero-order chi connectivity index (χ0) is 22.8. The predicted molar refractivity (Wildman–Crippen MR) is 121 cm³/mol. The van der Waals surface area contributed by atoms with E-state index in [2.05, 4.69) is 17.2 Å². The number of aromatic nitrogens is 1. The van der Waals surface area contributed by atoms with Crippen LogP contribution in [0.5, 0.6) is 0 Å². The number of fused-ring (bicyclic) bond motifs is 1. The minimum atomic E-state index is -0.603. The van der Waals surface area contributed by atoms with Crippen molar-refractivity contribution in [3.8, 4) is 6.07 Å². The molecule has 7 nitrogen and oxygen atoms in total. The Bertz CT molecular complexity index is 1080. The van der Waals surface area contributed by atoms with Crippen LogP contribution in [0.3, 0.4) is 0 Å². The average Bonchev–Trinajstić information content (AvgIpc) is 2.73. The molecule has 1 amide bonds. The third-order valence-corrected chi connectivity index (χ3v) is 5.58. The van der Waals surface area contributed by atoms with Crippen LogP contribution >= 0.6 is 0 Å². The summed E-state index contributed by atoms with van der Waals surface area (Å²) in [7, 11) is 0. The number of carbonyl (C=O) groups excluding carboxylic acids is 1. The molecule has 0 bridgehead atoms. The maximum Gasteiger partial charge on any atom is 0.274 e. The summed E-state index contributed by atoms with van der Waals surface area (Å²) in [4.78, 5) is 21.9. The first-order valence-corrected chi connectivity index (χ1v) is 10.3. The van der Waals surface area contributed by atoms with Crippen molar-refractivity contribution in [2.24, 2.45) is 16.1 Å². The Hall–Kier alpha value is -3.24. The highest BCUT2D eigenvalue weighted by molar-refractivity contribution is 6.04. The molecule has 1 aliphatic heterocycles. The van der Waals surface area contributed by atoms with Gasteiger partial charge in [-0.3, -0.25) is 9.79 Å². The number of pyridine rings is 1. The Morgan fingerprint density at radius 1 is 1.39 bits per heavy atom. The molecule has 0 spiro atoms. The quantitative estimate of drug-likeness (QED) is 0.573. The molecule has 1 atom stereocenters. The summed E-state index contributed by atoms with van der Waals surface area (Å²) in [5.41, 5.74) is 9.52. The van der Waals surface area contributed by atoms with Crippen LogP contribution in [-0.4, -0.2) is 23.3 Å². The van der Waals surface area contributed by atoms with Crippen LogP contribution < -0.4 is 11.1 Å². The number of nitriles is 1. The number of aliphatic imine (C=N–C) groups is 1. The molecule has 0 radical (unpaired) electrons. The Morgan fingerprint density at radius 2 is 2.13 bits per heavy atom. The molecular weight excluding hydrogens is 390 g/mol. The molecule has 1 aliphatic rings. The zero-order valence-corrected chi connectivity index (χ0v) is 18.7. The van der Waals surface area contributed by atoms with E-state index in [9.17, 15) is 4.79 Å². The van der Waals surface area contributed by atoms with E-state index in [0.29, 0.717) is 42.3 Å². The highest BCUT2D eigenvalue weighted by Crippen LogP contribution is 2.39. The number of carbonyl (C=O) groups is 1. The van der Waals surface area contributed by atoms with Crippen LogP contribution in [-0.2, 0) is 16.9 Å². The summed E-state index contributed by atoms with van der Waals surface area (Å²) in [5, 5.41) is 11.9. The van der Waals surface area contributed by atoms with Gasteiger partial charge in [0, 0.05) is 17.3 Å². The lowest BCUT2D eigenvalue weighted by atomic mass is 9.82. The van der Waals surface area contributed by atoms with Crippen molar-refractivity contribution in [1.82, 2.24) is 4.98 Å². The summed E-state index contributed by atoms with van der Waals surface area (Å²) in [5.74, 6) is 0.242. The molecule has 0 aliphatic carbocycles. The smallest absolute Gasteiger partial charge is 0.274 e. The molecule has 1 aromatic heterocycles. The topological polar surface area (TPSA) is 113 Å². The number of ether oxygens (including phenoxy) is 1. The molecule has 0 saturated carbocycles. The van der Waals surface area contributed by atoms with Gasteiger partial charge >= 0.3 is 0 Å². The number of rotatable bonds is 4. The first-order valence-electron chi connectivity index (χ1n) is 10.3. The number of anilines is 1. The summed E-state index contributed by atoms with van der Waals surface area (Å²) in [6.07, 6.45) is 2.11. The van der Waals surface area contributed by atoms with Crippen molar-refractivity contribution in [2.75, 3.05) is 11.9 Å². The van der Waals surface area contributed by atoms with Gasteiger partial charge < -0.3 is 15.8 Å². The molecule has 31 heavy (non-hydrogen) atoms. The van der Waals surface area contributed by atoms with E-state index in [-0.39, 0.29) is 17.0 Å². The van der Waals surface area contributed by atoms with Gasteiger partial charge in [-0.2, -0.15) is 5.26 Å². The molecule has 3 rings (SSSR count). The number of amides is 1. The third-order valence-electron chi connectivity index (χ3n) is 5.58. The average molecular weight is 420 g/mol. The van der Waals surface area contributed by atoms with Crippen molar-refractivity contribution < 1.29 is 9.53 Å². The Morgan fingerprint density at radius 3 is 2.74 bits per heavy atom. The van der Waals surface area contributed by atoms with Gasteiger partial charge in [0.1, 0.15) is 23.1 Å². The lowest BCUT2D eigenvalue weighted by Crippen LogP contribution is -2.39. The van der Waals surface area contributed by atoms with E-state index in [1.165, 1.54) is 6.20 Å². The van der Waals surface area contributed by atoms with Crippen LogP contribution in [0, 0.1) is 23.7 Å². The number of hydrogen-bond acceptors (Lipinski definition) is 5. The predicted octanol–water partition coefficient (Wildman–Crippen LogP) is 4.05. The molecule has 2 heterocycles. The SMILES string of the molecule is CCC1(N=C(N)C(C)(C)C)COCc2ccc(NC(=O)c3ncc(C#N)cc3C)cc21. The minimum absolute atomic E-state index is 0.260. The maximum absolute atomic E-state index is 12.8. The molecule has 2 aromatic rings. The van der Waals surface area contributed by atoms with Crippen molar-refractivity contribution >= 4 is 17.4 Å². The van der Waals surface area contributed by atoms with Gasteiger partial charge in [-0.25, -0.2) is 4.98 Å². The number of nitrogens with zero attached hydrogens (tertiary/aromatic N) is 3. The van der Waals surface area contributed by atoms with Crippen LogP contribution in [0.2, 0.25) is 0 Å². The van der Waals surface area contributed by atoms with E-state index in [1.807, 2.05) is 45.0 Å². The van der Waals surface area contributed by atoms with E-state index in [1.54, 1.807) is 13.0 Å². The monoisotopic (exact) mass is 419 g/mol. The molecule has 162 valence electrons. The highest BCUT2D eigenvalue weighted by atomic mass is 16.5. The molecule has 3 N–H and O–H groups in total. The fourth-order valence-electron chi connectivity index (χ4n) is 3.55. The van der Waals surface area contributed by atoms with E-state index in [4.69, 9.17) is 20.7 Å². The van der Waals surface area contributed by atoms with Crippen LogP contribution in [0.15, 0.2) is 35.5 Å². The Kier molecular flexibility index (Phi) is 6.14. The highest BCUT2D eigenvalue weighted by Gasteiger charge is 2.37. The second-order valence-electron chi connectivity index (χ2n) is 8.95. The first kappa shape index (κ1) is 22.4. The first-order chi connectivity index (χ1) is 14.6. The number of hydrogen-bond donors (Lipinski definition) is 2. The number of aryl methyl sites for hydroxylation is 1. The fraction of sp³-hybridized carbons (Fsp3) is 0.417. The number of benzene rings is 1. The second kappa shape index (κ2) is 8.48. The third kappa shape index (κ3) is 4.59. The molecule has 1 unspecified atom stereocenters. The van der Waals surface area contributed by atoms with Crippen molar-refractivity contribution in [3.05, 3.63) is 58.4 Å². The number of nitrogens with one attached hydrogen (secondary N) is 1. The maximum atomic E-state index is 12.8. The van der Waals surface area contributed by atoms with Gasteiger partial charge in [0.15, 0.2) is 0 Å². The fourth-order valence-corrected chi connectivity index (χ4v) is 3.55. The van der Waals surface area contributed by atoms with Crippen molar-refractivity contribution in [1.29, 1.82) is 5.26 Å². The van der Waals surface area contributed by atoms with Crippen molar-refractivity contribution in [3.63, 3.8) is 0 Å². The van der Waals surface area contributed by atoms with Crippen LogP contribution in [0.4, 0.5) is 5.69 Å². The Labute approximate surface area is 183 Å². The van der Waals surface area contributed by atoms with Gasteiger partial charge in [0.2, 0.25) is 0 Å². The number of nitrogens with two attached hydrogens (primary N) is 1. The molecule has 0 saturated heterocycles. The van der Waals surface area contributed by atoms with Crippen molar-refractivity contribution in [2.45, 2.75) is 53.2 Å². The van der Waals surface area contributed by atoms with Gasteiger partial charge in [-0.1, -0.05) is 33.8 Å². The van der Waals surface area contributed by atoms with E-state index in [0.717, 1.165) is 11.1 Å². The normalized spacial score (nSPS) is 18.8. The van der Waals surface area contributed by atoms with Crippen LogP contribution in [0.1, 0.15) is 66.9 Å². The molecular formula is C24H29N5O2. The molecule has 7 heteroatoms. The van der Waals surface area contributed by atoms with Gasteiger partial charge in [-0.05, 0) is 48.2 Å². The van der Waals surface area contributed by atoms with Gasteiger partial charge in [-0.15, -0.1) is 0 Å². The summed E-state index contributed by atoms with van der Waals surface area (Å²) < 4.78 is 5.86. The molecule has 1 aromatic carbocycles. The number of amidine groups is 1. The lowest BCUT2D eigenvalue weighted by molar-refractivity contribution is 0.0519. The van der Waals surface area contributed by atoms with E-state index >= 15 is 0 Å². The summed E-state index contributed by atoms with van der Waals surface area (Å²) in [6, 6.07) is 9.44. The van der Waals surface area contributed by atoms with Gasteiger partial charge in [0.25, 0.3) is 5.91 Å². The molecule has 0 fully saturated rings. The summed E-state index contributed by atoms with van der Waals surface area (Å²) in [6.45, 7) is 10.8.